The van der Waals surface area contributed by atoms with Crippen molar-refractivity contribution in [2.75, 3.05) is 5.32 Å². The van der Waals surface area contributed by atoms with Crippen molar-refractivity contribution < 1.29 is 0 Å². The highest BCUT2D eigenvalue weighted by atomic mass is 32.1. The SMILES string of the molecule is CCc1cc(=O)n2nc(NCc3ccccc3CC)sc2n1. The van der Waals surface area contributed by atoms with E-state index < -0.39 is 0 Å². The average Bonchev–Trinajstić information content (AvgIpc) is 2.96. The van der Waals surface area contributed by atoms with E-state index in [2.05, 4.69) is 40.5 Å². The monoisotopic (exact) mass is 314 g/mol. The number of hydrogen-bond acceptors (Lipinski definition) is 5. The maximum absolute atomic E-state index is 12.0. The molecule has 3 aromatic rings. The van der Waals surface area contributed by atoms with Gasteiger partial charge in [-0.3, -0.25) is 4.79 Å². The predicted molar refractivity (Wildman–Crippen MR) is 89.7 cm³/mol. The number of aryl methyl sites for hydroxylation is 2. The molecule has 114 valence electrons. The molecule has 0 unspecified atom stereocenters. The van der Waals surface area contributed by atoms with Gasteiger partial charge in [0.1, 0.15) is 0 Å². The van der Waals surface area contributed by atoms with Crippen molar-refractivity contribution in [1.29, 1.82) is 0 Å². The van der Waals surface area contributed by atoms with Crippen molar-refractivity contribution in [3.63, 3.8) is 0 Å². The molecule has 0 spiro atoms. The van der Waals surface area contributed by atoms with Gasteiger partial charge in [-0.15, -0.1) is 5.10 Å². The van der Waals surface area contributed by atoms with E-state index in [1.54, 1.807) is 6.07 Å². The van der Waals surface area contributed by atoms with Crippen LogP contribution < -0.4 is 10.9 Å². The summed E-state index contributed by atoms with van der Waals surface area (Å²) < 4.78 is 1.36. The molecular weight excluding hydrogens is 296 g/mol. The van der Waals surface area contributed by atoms with Gasteiger partial charge < -0.3 is 5.32 Å². The average molecular weight is 314 g/mol. The molecule has 3 rings (SSSR count). The number of anilines is 1. The molecule has 0 saturated heterocycles. The third-order valence-electron chi connectivity index (χ3n) is 3.59. The van der Waals surface area contributed by atoms with Crippen LogP contribution in [0.5, 0.6) is 0 Å². The number of rotatable bonds is 5. The smallest absolute Gasteiger partial charge is 0.275 e. The second-order valence-corrected chi connectivity index (χ2v) is 5.97. The molecule has 0 aliphatic rings. The molecule has 0 amide bonds. The molecule has 2 heterocycles. The van der Waals surface area contributed by atoms with Gasteiger partial charge in [-0.1, -0.05) is 49.4 Å². The number of aromatic nitrogens is 3. The molecule has 1 aromatic carbocycles. The lowest BCUT2D eigenvalue weighted by Crippen LogP contribution is -2.15. The predicted octanol–water partition coefficient (Wildman–Crippen LogP) is 2.89. The van der Waals surface area contributed by atoms with Crippen molar-refractivity contribution in [2.45, 2.75) is 33.2 Å². The van der Waals surface area contributed by atoms with E-state index in [0.29, 0.717) is 16.6 Å². The Morgan fingerprint density at radius 2 is 1.95 bits per heavy atom. The van der Waals surface area contributed by atoms with Crippen LogP contribution in [0.1, 0.15) is 30.7 Å². The fourth-order valence-electron chi connectivity index (χ4n) is 2.35. The minimum atomic E-state index is -0.125. The van der Waals surface area contributed by atoms with E-state index in [0.717, 1.165) is 18.5 Å². The summed E-state index contributed by atoms with van der Waals surface area (Å²) in [7, 11) is 0. The molecule has 2 aromatic heterocycles. The quantitative estimate of drug-likeness (QED) is 0.786. The molecule has 5 nitrogen and oxygen atoms in total. The zero-order chi connectivity index (χ0) is 15.5. The Morgan fingerprint density at radius 3 is 2.68 bits per heavy atom. The summed E-state index contributed by atoms with van der Waals surface area (Å²) >= 11 is 1.40. The summed E-state index contributed by atoms with van der Waals surface area (Å²) in [5.74, 6) is 0. The standard InChI is InChI=1S/C16H18N4OS/c1-3-11-7-5-6-8-12(11)10-17-15-19-20-14(21)9-13(4-2)18-16(20)22-15/h5-9H,3-4,10H2,1-2H3,(H,17,19). The number of hydrogen-bond donors (Lipinski definition) is 1. The summed E-state index contributed by atoms with van der Waals surface area (Å²) in [6, 6.07) is 9.88. The van der Waals surface area contributed by atoms with Crippen LogP contribution in [0, 0.1) is 0 Å². The molecule has 22 heavy (non-hydrogen) atoms. The molecule has 0 saturated carbocycles. The fourth-order valence-corrected chi connectivity index (χ4v) is 3.17. The molecule has 0 aliphatic carbocycles. The minimum Gasteiger partial charge on any atom is -0.356 e. The Kier molecular flexibility index (Phi) is 4.20. The Labute approximate surface area is 132 Å². The fraction of sp³-hybridized carbons (Fsp3) is 0.312. The van der Waals surface area contributed by atoms with Crippen LogP contribution in [0.25, 0.3) is 4.96 Å². The van der Waals surface area contributed by atoms with Crippen LogP contribution >= 0.6 is 11.3 Å². The topological polar surface area (TPSA) is 59.3 Å². The highest BCUT2D eigenvalue weighted by Gasteiger charge is 2.08. The first-order valence-corrected chi connectivity index (χ1v) is 8.23. The van der Waals surface area contributed by atoms with E-state index in [1.165, 1.54) is 27.0 Å². The maximum atomic E-state index is 12.0. The number of fused-ring (bicyclic) bond motifs is 1. The van der Waals surface area contributed by atoms with Crippen molar-refractivity contribution in [2.24, 2.45) is 0 Å². The van der Waals surface area contributed by atoms with Crippen molar-refractivity contribution in [3.05, 3.63) is 57.5 Å². The van der Waals surface area contributed by atoms with Gasteiger partial charge in [0.25, 0.3) is 5.56 Å². The Morgan fingerprint density at radius 1 is 1.18 bits per heavy atom. The molecule has 0 radical (unpaired) electrons. The minimum absolute atomic E-state index is 0.125. The number of nitrogens with zero attached hydrogens (tertiary/aromatic N) is 3. The Balaban J connectivity index is 1.85. The van der Waals surface area contributed by atoms with Crippen LogP contribution in [0.4, 0.5) is 5.13 Å². The molecule has 0 fully saturated rings. The van der Waals surface area contributed by atoms with Crippen LogP contribution in [-0.4, -0.2) is 14.6 Å². The molecule has 1 N–H and O–H groups in total. The van der Waals surface area contributed by atoms with E-state index >= 15 is 0 Å². The first-order valence-electron chi connectivity index (χ1n) is 7.41. The highest BCUT2D eigenvalue weighted by Crippen LogP contribution is 2.18. The van der Waals surface area contributed by atoms with Crippen LogP contribution in [0.3, 0.4) is 0 Å². The molecular formula is C16H18N4OS. The van der Waals surface area contributed by atoms with Crippen LogP contribution in [-0.2, 0) is 19.4 Å². The third-order valence-corrected chi connectivity index (χ3v) is 4.46. The van der Waals surface area contributed by atoms with Crippen molar-refractivity contribution >= 4 is 21.4 Å². The van der Waals surface area contributed by atoms with Crippen LogP contribution in [0.15, 0.2) is 35.1 Å². The van der Waals surface area contributed by atoms with E-state index in [-0.39, 0.29) is 5.56 Å². The maximum Gasteiger partial charge on any atom is 0.275 e. The second-order valence-electron chi connectivity index (χ2n) is 5.02. The molecule has 0 bridgehead atoms. The molecule has 0 atom stereocenters. The zero-order valence-electron chi connectivity index (χ0n) is 12.7. The molecule has 6 heteroatoms. The Bertz CT molecular complexity index is 853. The zero-order valence-corrected chi connectivity index (χ0v) is 13.5. The van der Waals surface area contributed by atoms with Crippen LogP contribution in [0.2, 0.25) is 0 Å². The van der Waals surface area contributed by atoms with Gasteiger partial charge in [0.2, 0.25) is 10.1 Å². The lowest BCUT2D eigenvalue weighted by atomic mass is 10.1. The van der Waals surface area contributed by atoms with Gasteiger partial charge in [-0.2, -0.15) is 4.52 Å². The Hall–Kier alpha value is -2.21. The first kappa shape index (κ1) is 14.7. The largest absolute Gasteiger partial charge is 0.356 e. The van der Waals surface area contributed by atoms with Gasteiger partial charge in [0.05, 0.1) is 0 Å². The van der Waals surface area contributed by atoms with Gasteiger partial charge in [-0.05, 0) is 24.0 Å². The summed E-state index contributed by atoms with van der Waals surface area (Å²) in [4.78, 5) is 17.1. The number of benzene rings is 1. The van der Waals surface area contributed by atoms with E-state index in [9.17, 15) is 4.79 Å². The highest BCUT2D eigenvalue weighted by molar-refractivity contribution is 7.20. The molecule has 0 aliphatic heterocycles. The van der Waals surface area contributed by atoms with Crippen molar-refractivity contribution in [3.8, 4) is 0 Å². The van der Waals surface area contributed by atoms with Gasteiger partial charge >= 0.3 is 0 Å². The first-order chi connectivity index (χ1) is 10.7. The van der Waals surface area contributed by atoms with E-state index in [4.69, 9.17) is 0 Å². The lowest BCUT2D eigenvalue weighted by molar-refractivity contribution is 0.873. The number of nitrogens with one attached hydrogen (secondary N) is 1. The summed E-state index contributed by atoms with van der Waals surface area (Å²) in [6.45, 7) is 4.83. The third kappa shape index (κ3) is 2.87. The van der Waals surface area contributed by atoms with Crippen molar-refractivity contribution in [1.82, 2.24) is 14.6 Å². The lowest BCUT2D eigenvalue weighted by Gasteiger charge is -2.07. The van der Waals surface area contributed by atoms with Gasteiger partial charge in [-0.25, -0.2) is 4.98 Å². The normalized spacial score (nSPS) is 11.0. The van der Waals surface area contributed by atoms with Gasteiger partial charge in [0.15, 0.2) is 0 Å². The summed E-state index contributed by atoms with van der Waals surface area (Å²) in [6.07, 6.45) is 1.74. The summed E-state index contributed by atoms with van der Waals surface area (Å²) in [5.41, 5.74) is 3.25. The second kappa shape index (κ2) is 6.27. The van der Waals surface area contributed by atoms with E-state index in [1.807, 2.05) is 13.0 Å². The van der Waals surface area contributed by atoms with Gasteiger partial charge in [0, 0.05) is 18.3 Å². The summed E-state index contributed by atoms with van der Waals surface area (Å²) in [5, 5.41) is 8.32.